The maximum atomic E-state index is 13.1. The number of carbonyl (C=O) groups excluding carboxylic acids is 3. The minimum Gasteiger partial charge on any atom is -0.364 e. The molecule has 0 spiro atoms. The van der Waals surface area contributed by atoms with E-state index in [1.165, 1.54) is 14.4 Å². The summed E-state index contributed by atoms with van der Waals surface area (Å²) in [6, 6.07) is 6.35. The monoisotopic (exact) mass is 382 g/mol. The van der Waals surface area contributed by atoms with Crippen molar-refractivity contribution in [3.8, 4) is 5.69 Å². The minimum absolute atomic E-state index is 0.0127. The molecule has 0 atom stereocenters. The molecular formula is C20H22N4O4. The van der Waals surface area contributed by atoms with Crippen LogP contribution in [0.25, 0.3) is 5.69 Å². The van der Waals surface area contributed by atoms with E-state index < -0.39 is 11.5 Å². The van der Waals surface area contributed by atoms with Gasteiger partial charge in [-0.15, -0.1) is 0 Å². The zero-order valence-corrected chi connectivity index (χ0v) is 16.3. The summed E-state index contributed by atoms with van der Waals surface area (Å²) in [5, 5.41) is 0. The van der Waals surface area contributed by atoms with Crippen molar-refractivity contribution in [2.45, 2.75) is 13.3 Å². The molecule has 2 N–H and O–H groups in total. The number of pyridine rings is 1. The second-order valence-electron chi connectivity index (χ2n) is 7.06. The number of primary amides is 1. The van der Waals surface area contributed by atoms with Crippen LogP contribution < -0.4 is 11.3 Å². The number of likely N-dealkylation sites (N-methyl/N-ethyl adjacent to an activating group) is 1. The van der Waals surface area contributed by atoms with Gasteiger partial charge in [-0.25, -0.2) is 0 Å². The lowest BCUT2D eigenvalue weighted by molar-refractivity contribution is 0.0777. The van der Waals surface area contributed by atoms with Crippen molar-refractivity contribution in [2.75, 3.05) is 27.7 Å². The number of nitrogens with zero attached hydrogens (tertiary/aromatic N) is 3. The van der Waals surface area contributed by atoms with E-state index in [2.05, 4.69) is 0 Å². The predicted octanol–water partition coefficient (Wildman–Crippen LogP) is 0.575. The molecule has 3 amide bonds. The van der Waals surface area contributed by atoms with Gasteiger partial charge in [-0.1, -0.05) is 0 Å². The van der Waals surface area contributed by atoms with Crippen LogP contribution in [0.2, 0.25) is 0 Å². The third-order valence-corrected chi connectivity index (χ3v) is 4.98. The topological polar surface area (TPSA) is 106 Å². The van der Waals surface area contributed by atoms with Gasteiger partial charge in [0.15, 0.2) is 0 Å². The van der Waals surface area contributed by atoms with E-state index >= 15 is 0 Å². The summed E-state index contributed by atoms with van der Waals surface area (Å²) in [7, 11) is 4.94. The highest BCUT2D eigenvalue weighted by Gasteiger charge is 2.31. The average molecular weight is 382 g/mol. The van der Waals surface area contributed by atoms with Crippen molar-refractivity contribution < 1.29 is 14.4 Å². The number of hydrogen-bond donors (Lipinski definition) is 1. The molecule has 1 aliphatic heterocycles. The van der Waals surface area contributed by atoms with Crippen LogP contribution in [-0.2, 0) is 6.42 Å². The molecule has 1 aromatic heterocycles. The maximum Gasteiger partial charge on any atom is 0.266 e. The first-order valence-electron chi connectivity index (χ1n) is 8.81. The number of carbonyl (C=O) groups is 3. The summed E-state index contributed by atoms with van der Waals surface area (Å²) >= 11 is 0. The van der Waals surface area contributed by atoms with Crippen LogP contribution in [0.4, 0.5) is 0 Å². The summed E-state index contributed by atoms with van der Waals surface area (Å²) in [6.07, 6.45) is 0.425. The van der Waals surface area contributed by atoms with Crippen LogP contribution >= 0.6 is 0 Å². The highest BCUT2D eigenvalue weighted by Crippen LogP contribution is 2.25. The van der Waals surface area contributed by atoms with E-state index in [-0.39, 0.29) is 28.6 Å². The van der Waals surface area contributed by atoms with E-state index in [1.807, 2.05) is 0 Å². The van der Waals surface area contributed by atoms with Crippen LogP contribution in [0.15, 0.2) is 29.1 Å². The Morgan fingerprint density at radius 1 is 1.11 bits per heavy atom. The fourth-order valence-corrected chi connectivity index (χ4v) is 3.48. The Bertz CT molecular complexity index is 1050. The molecule has 0 fully saturated rings. The third kappa shape index (κ3) is 2.96. The number of benzene rings is 1. The van der Waals surface area contributed by atoms with Gasteiger partial charge in [0.1, 0.15) is 5.69 Å². The van der Waals surface area contributed by atoms with Crippen molar-refractivity contribution in [3.05, 3.63) is 62.6 Å². The summed E-state index contributed by atoms with van der Waals surface area (Å²) in [4.78, 5) is 52.9. The van der Waals surface area contributed by atoms with E-state index in [4.69, 9.17) is 5.73 Å². The molecule has 2 heterocycles. The first-order valence-corrected chi connectivity index (χ1v) is 8.81. The van der Waals surface area contributed by atoms with Crippen molar-refractivity contribution in [1.29, 1.82) is 0 Å². The van der Waals surface area contributed by atoms with Crippen LogP contribution in [-0.4, -0.2) is 59.8 Å². The van der Waals surface area contributed by atoms with Gasteiger partial charge in [0.25, 0.3) is 23.3 Å². The van der Waals surface area contributed by atoms with Crippen LogP contribution in [0.5, 0.6) is 0 Å². The lowest BCUT2D eigenvalue weighted by atomic mass is 9.93. The van der Waals surface area contributed by atoms with Gasteiger partial charge in [0, 0.05) is 44.5 Å². The third-order valence-electron chi connectivity index (χ3n) is 4.98. The Kier molecular flexibility index (Phi) is 4.80. The van der Waals surface area contributed by atoms with Gasteiger partial charge in [0.2, 0.25) is 0 Å². The number of hydrogen-bond acceptors (Lipinski definition) is 4. The van der Waals surface area contributed by atoms with Crippen molar-refractivity contribution in [2.24, 2.45) is 5.73 Å². The van der Waals surface area contributed by atoms with Gasteiger partial charge in [-0.2, -0.15) is 0 Å². The maximum absolute atomic E-state index is 13.1. The highest BCUT2D eigenvalue weighted by atomic mass is 16.2. The Morgan fingerprint density at radius 2 is 1.71 bits per heavy atom. The van der Waals surface area contributed by atoms with E-state index in [1.54, 1.807) is 52.3 Å². The largest absolute Gasteiger partial charge is 0.364 e. The smallest absolute Gasteiger partial charge is 0.266 e. The molecule has 0 saturated carbocycles. The van der Waals surface area contributed by atoms with E-state index in [0.717, 1.165) is 0 Å². The van der Waals surface area contributed by atoms with Crippen LogP contribution in [0.3, 0.4) is 0 Å². The fraction of sp³-hybridized carbons (Fsp3) is 0.300. The second-order valence-corrected chi connectivity index (χ2v) is 7.06. The van der Waals surface area contributed by atoms with Gasteiger partial charge >= 0.3 is 0 Å². The summed E-state index contributed by atoms with van der Waals surface area (Å²) < 4.78 is 1.24. The fourth-order valence-electron chi connectivity index (χ4n) is 3.48. The normalized spacial score (nSPS) is 13.3. The second kappa shape index (κ2) is 6.95. The summed E-state index contributed by atoms with van der Waals surface area (Å²) in [5.74, 6) is -1.25. The van der Waals surface area contributed by atoms with Gasteiger partial charge in [0.05, 0.1) is 5.56 Å². The molecule has 28 heavy (non-hydrogen) atoms. The summed E-state index contributed by atoms with van der Waals surface area (Å²) in [5.41, 5.74) is 7.01. The molecule has 1 aromatic carbocycles. The van der Waals surface area contributed by atoms with Crippen LogP contribution in [0, 0.1) is 6.92 Å². The lowest BCUT2D eigenvalue weighted by Crippen LogP contribution is -2.41. The van der Waals surface area contributed by atoms with Gasteiger partial charge in [-0.3, -0.25) is 23.7 Å². The SMILES string of the molecule is Cc1c2c(c(C(N)=O)n(-c3ccc(C(=O)N(C)C)cc3)c1=O)CCN(C)C2=O. The van der Waals surface area contributed by atoms with Gasteiger partial charge < -0.3 is 15.5 Å². The van der Waals surface area contributed by atoms with Crippen molar-refractivity contribution in [3.63, 3.8) is 0 Å². The number of amides is 3. The Labute approximate surface area is 162 Å². The molecule has 146 valence electrons. The number of aromatic nitrogens is 1. The molecule has 8 heteroatoms. The molecule has 0 saturated heterocycles. The van der Waals surface area contributed by atoms with E-state index in [0.29, 0.717) is 29.8 Å². The van der Waals surface area contributed by atoms with Crippen molar-refractivity contribution >= 4 is 17.7 Å². The number of rotatable bonds is 3. The average Bonchev–Trinajstić information content (AvgIpc) is 2.66. The number of fused-ring (bicyclic) bond motifs is 1. The molecule has 2 aromatic rings. The molecule has 0 radical (unpaired) electrons. The molecule has 0 unspecified atom stereocenters. The lowest BCUT2D eigenvalue weighted by Gasteiger charge is -2.28. The summed E-state index contributed by atoms with van der Waals surface area (Å²) in [6.45, 7) is 2.00. The number of nitrogens with two attached hydrogens (primary N) is 1. The molecule has 3 rings (SSSR count). The van der Waals surface area contributed by atoms with E-state index in [9.17, 15) is 19.2 Å². The molecular weight excluding hydrogens is 360 g/mol. The Morgan fingerprint density at radius 3 is 2.25 bits per heavy atom. The first-order chi connectivity index (χ1) is 13.1. The van der Waals surface area contributed by atoms with Crippen LogP contribution in [0.1, 0.15) is 42.3 Å². The highest BCUT2D eigenvalue weighted by molar-refractivity contribution is 6.03. The van der Waals surface area contributed by atoms with Gasteiger partial charge in [-0.05, 0) is 43.2 Å². The molecule has 8 nitrogen and oxygen atoms in total. The quantitative estimate of drug-likeness (QED) is 0.838. The zero-order valence-electron chi connectivity index (χ0n) is 16.3. The minimum atomic E-state index is -0.779. The van der Waals surface area contributed by atoms with Crippen molar-refractivity contribution in [1.82, 2.24) is 14.4 Å². The standard InChI is InChI=1S/C20H22N4O4/c1-11-15-14(9-10-23(4)20(15)28)16(17(21)25)24(18(11)26)13-7-5-12(6-8-13)19(27)22(2)3/h5-8H,9-10H2,1-4H3,(H2,21,25). The predicted molar refractivity (Wildman–Crippen MR) is 104 cm³/mol. The zero-order chi connectivity index (χ0) is 20.7. The Balaban J connectivity index is 2.26. The molecule has 0 aliphatic carbocycles. The first kappa shape index (κ1) is 19.3. The Hall–Kier alpha value is -3.42. The molecule has 1 aliphatic rings. The molecule has 0 bridgehead atoms.